The first-order chi connectivity index (χ1) is 13.5. The van der Waals surface area contributed by atoms with Crippen molar-refractivity contribution in [3.8, 4) is 0 Å². The van der Waals surface area contributed by atoms with Gasteiger partial charge in [-0.05, 0) is 37.1 Å². The van der Waals surface area contributed by atoms with E-state index in [4.69, 9.17) is 4.74 Å². The van der Waals surface area contributed by atoms with Crippen molar-refractivity contribution in [2.45, 2.75) is 36.6 Å². The third-order valence-corrected chi connectivity index (χ3v) is 5.75. The van der Waals surface area contributed by atoms with Crippen LogP contribution in [0.5, 0.6) is 0 Å². The second kappa shape index (κ2) is 9.16. The summed E-state index contributed by atoms with van der Waals surface area (Å²) in [6, 6.07) is 4.23. The number of hydrogen-bond acceptors (Lipinski definition) is 6. The lowest BCUT2D eigenvalue weighted by atomic mass is 10.0. The van der Waals surface area contributed by atoms with E-state index in [9.17, 15) is 19.2 Å². The molecular formula is C20H22N2O5S. The van der Waals surface area contributed by atoms with Crippen LogP contribution in [0.2, 0.25) is 0 Å². The number of unbranched alkanes of at least 4 members (excludes halogenated alkanes) is 1. The second-order valence-electron chi connectivity index (χ2n) is 6.55. The largest absolute Gasteiger partial charge is 0.377 e. The average molecular weight is 402 g/mol. The molecule has 1 saturated heterocycles. The third-order valence-electron chi connectivity index (χ3n) is 4.61. The Hall–Kier alpha value is -2.45. The Bertz CT molecular complexity index is 823. The van der Waals surface area contributed by atoms with Gasteiger partial charge in [0.1, 0.15) is 6.04 Å². The van der Waals surface area contributed by atoms with E-state index in [2.05, 4.69) is 11.9 Å². The molecule has 1 aromatic carbocycles. The highest BCUT2D eigenvalue weighted by atomic mass is 32.2. The summed E-state index contributed by atoms with van der Waals surface area (Å²) >= 11 is 1.52. The number of carbonyl (C=O) groups excluding carboxylic acids is 4. The van der Waals surface area contributed by atoms with Gasteiger partial charge in [0.2, 0.25) is 11.8 Å². The monoisotopic (exact) mass is 402 g/mol. The molecule has 0 saturated carbocycles. The van der Waals surface area contributed by atoms with Crippen LogP contribution in [-0.2, 0) is 14.3 Å². The normalized spacial score (nSPS) is 19.0. The highest BCUT2D eigenvalue weighted by Gasteiger charge is 2.45. The molecule has 1 N–H and O–H groups in total. The summed E-state index contributed by atoms with van der Waals surface area (Å²) < 4.78 is 5.34. The number of thioether (sulfide) groups is 1. The highest BCUT2D eigenvalue weighted by molar-refractivity contribution is 7.99. The average Bonchev–Trinajstić information content (AvgIpc) is 2.93. The van der Waals surface area contributed by atoms with Gasteiger partial charge < -0.3 is 4.74 Å². The summed E-state index contributed by atoms with van der Waals surface area (Å²) in [6.45, 7) is 4.78. The quantitative estimate of drug-likeness (QED) is 0.295. The number of nitrogens with one attached hydrogen (secondary N) is 1. The number of ether oxygens (including phenoxy) is 1. The molecule has 2 heterocycles. The summed E-state index contributed by atoms with van der Waals surface area (Å²) in [5, 5.41) is 2.20. The van der Waals surface area contributed by atoms with E-state index in [1.54, 1.807) is 18.2 Å². The topological polar surface area (TPSA) is 92.8 Å². The SMILES string of the molecule is C=CCOCCCCSc1cccc2c1C(=O)N(C1CCC(=O)NC1=O)C2=O. The minimum atomic E-state index is -0.940. The molecule has 0 aliphatic carbocycles. The van der Waals surface area contributed by atoms with Crippen molar-refractivity contribution in [2.75, 3.05) is 19.0 Å². The first-order valence-corrected chi connectivity index (χ1v) is 10.2. The zero-order valence-corrected chi connectivity index (χ0v) is 16.3. The molecule has 1 aromatic rings. The van der Waals surface area contributed by atoms with Crippen molar-refractivity contribution in [2.24, 2.45) is 0 Å². The van der Waals surface area contributed by atoms with Crippen LogP contribution < -0.4 is 5.32 Å². The fourth-order valence-electron chi connectivity index (χ4n) is 3.26. The standard InChI is InChI=1S/C20H22N2O5S/c1-2-10-27-11-3-4-12-28-15-7-5-6-13-17(15)20(26)22(19(13)25)14-8-9-16(23)21-18(14)24/h2,5-7,14H,1,3-4,8-12H2,(H,21,23,24). The molecule has 2 aliphatic rings. The Kier molecular flexibility index (Phi) is 6.64. The van der Waals surface area contributed by atoms with Crippen molar-refractivity contribution >= 4 is 35.4 Å². The summed E-state index contributed by atoms with van der Waals surface area (Å²) in [5.41, 5.74) is 0.666. The summed E-state index contributed by atoms with van der Waals surface area (Å²) in [7, 11) is 0. The van der Waals surface area contributed by atoms with Crippen molar-refractivity contribution in [3.05, 3.63) is 42.0 Å². The number of amides is 4. The van der Waals surface area contributed by atoms with Crippen molar-refractivity contribution in [3.63, 3.8) is 0 Å². The van der Waals surface area contributed by atoms with Gasteiger partial charge in [0.05, 0.1) is 17.7 Å². The van der Waals surface area contributed by atoms with Crippen LogP contribution in [0.3, 0.4) is 0 Å². The minimum Gasteiger partial charge on any atom is -0.377 e. The zero-order valence-electron chi connectivity index (χ0n) is 15.4. The van der Waals surface area contributed by atoms with Crippen LogP contribution in [0.1, 0.15) is 46.4 Å². The molecule has 3 rings (SSSR count). The lowest BCUT2D eigenvalue weighted by molar-refractivity contribution is -0.136. The van der Waals surface area contributed by atoms with Crippen LogP contribution in [0.25, 0.3) is 0 Å². The highest BCUT2D eigenvalue weighted by Crippen LogP contribution is 2.34. The maximum absolute atomic E-state index is 13.0. The molecule has 0 aromatic heterocycles. The number of hydrogen-bond donors (Lipinski definition) is 1. The van der Waals surface area contributed by atoms with Crippen LogP contribution in [-0.4, -0.2) is 53.5 Å². The first-order valence-electron chi connectivity index (χ1n) is 9.20. The second-order valence-corrected chi connectivity index (χ2v) is 7.68. The zero-order chi connectivity index (χ0) is 20.1. The smallest absolute Gasteiger partial charge is 0.263 e. The minimum absolute atomic E-state index is 0.110. The van der Waals surface area contributed by atoms with Gasteiger partial charge in [-0.2, -0.15) is 0 Å². The molecule has 2 aliphatic heterocycles. The van der Waals surface area contributed by atoms with Gasteiger partial charge in [0.15, 0.2) is 0 Å². The Morgan fingerprint density at radius 1 is 1.21 bits per heavy atom. The third kappa shape index (κ3) is 4.18. The molecule has 148 valence electrons. The van der Waals surface area contributed by atoms with Gasteiger partial charge >= 0.3 is 0 Å². The maximum Gasteiger partial charge on any atom is 0.263 e. The van der Waals surface area contributed by atoms with Gasteiger partial charge in [0, 0.05) is 17.9 Å². The van der Waals surface area contributed by atoms with Gasteiger partial charge in [-0.3, -0.25) is 29.4 Å². The number of imide groups is 2. The van der Waals surface area contributed by atoms with Crippen LogP contribution in [0, 0.1) is 0 Å². The van der Waals surface area contributed by atoms with E-state index in [0.717, 1.165) is 28.4 Å². The van der Waals surface area contributed by atoms with E-state index >= 15 is 0 Å². The van der Waals surface area contributed by atoms with Gasteiger partial charge in [0.25, 0.3) is 11.8 Å². The summed E-state index contributed by atoms with van der Waals surface area (Å²) in [4.78, 5) is 51.0. The van der Waals surface area contributed by atoms with Crippen LogP contribution in [0.15, 0.2) is 35.7 Å². The molecule has 1 fully saturated rings. The Balaban J connectivity index is 1.67. The molecule has 1 unspecified atom stereocenters. The summed E-state index contributed by atoms with van der Waals surface area (Å²) in [5.74, 6) is -1.14. The first kappa shape index (κ1) is 20.3. The van der Waals surface area contributed by atoms with Crippen molar-refractivity contribution < 1.29 is 23.9 Å². The molecule has 4 amide bonds. The Morgan fingerprint density at radius 2 is 2.04 bits per heavy atom. The van der Waals surface area contributed by atoms with Crippen LogP contribution >= 0.6 is 11.8 Å². The van der Waals surface area contributed by atoms with Gasteiger partial charge in [-0.1, -0.05) is 12.1 Å². The molecule has 0 spiro atoms. The predicted molar refractivity (Wildman–Crippen MR) is 104 cm³/mol. The maximum atomic E-state index is 13.0. The van der Waals surface area contributed by atoms with Crippen molar-refractivity contribution in [1.29, 1.82) is 0 Å². The molecule has 7 nitrogen and oxygen atoms in total. The number of piperidine rings is 1. The van der Waals surface area contributed by atoms with E-state index in [0.29, 0.717) is 24.3 Å². The number of benzene rings is 1. The number of fused-ring (bicyclic) bond motifs is 1. The lowest BCUT2D eigenvalue weighted by Gasteiger charge is -2.27. The molecule has 8 heteroatoms. The summed E-state index contributed by atoms with van der Waals surface area (Å²) in [6.07, 6.45) is 3.77. The van der Waals surface area contributed by atoms with Crippen molar-refractivity contribution in [1.82, 2.24) is 10.2 Å². The Labute approximate surface area is 167 Å². The fraction of sp³-hybridized carbons (Fsp3) is 0.400. The van der Waals surface area contributed by atoms with E-state index in [1.165, 1.54) is 11.8 Å². The molecular weight excluding hydrogens is 380 g/mol. The number of nitrogens with zero attached hydrogens (tertiary/aromatic N) is 1. The number of rotatable bonds is 9. The van der Waals surface area contributed by atoms with Gasteiger partial charge in [-0.25, -0.2) is 0 Å². The Morgan fingerprint density at radius 3 is 2.79 bits per heavy atom. The van der Waals surface area contributed by atoms with E-state index in [-0.39, 0.29) is 18.7 Å². The van der Waals surface area contributed by atoms with Gasteiger partial charge in [-0.15, -0.1) is 18.3 Å². The number of carbonyl (C=O) groups is 4. The van der Waals surface area contributed by atoms with E-state index < -0.39 is 23.8 Å². The molecule has 0 bridgehead atoms. The fourth-order valence-corrected chi connectivity index (χ4v) is 4.34. The predicted octanol–water partition coefficient (Wildman–Crippen LogP) is 2.16. The lowest BCUT2D eigenvalue weighted by Crippen LogP contribution is -2.54. The molecule has 28 heavy (non-hydrogen) atoms. The van der Waals surface area contributed by atoms with E-state index in [1.807, 2.05) is 6.07 Å². The molecule has 0 radical (unpaired) electrons. The van der Waals surface area contributed by atoms with Crippen LogP contribution in [0.4, 0.5) is 0 Å². The molecule has 1 atom stereocenters.